The Morgan fingerprint density at radius 2 is 1.59 bits per heavy atom. The molecular weight excluding hydrogens is 426 g/mol. The van der Waals surface area contributed by atoms with Crippen LogP contribution in [0.5, 0.6) is 5.75 Å². The molecule has 5 nitrogen and oxygen atoms in total. The summed E-state index contributed by atoms with van der Waals surface area (Å²) in [5.74, 6) is -0.735. The molecule has 34 heavy (non-hydrogen) atoms. The maximum absolute atomic E-state index is 13.4. The summed E-state index contributed by atoms with van der Waals surface area (Å²) >= 11 is 0. The molecule has 1 heterocycles. The maximum Gasteiger partial charge on any atom is 0.343 e. The normalized spacial score (nSPS) is 21.9. The highest BCUT2D eigenvalue weighted by Crippen LogP contribution is 2.45. The number of anilines is 1. The first-order valence-electron chi connectivity index (χ1n) is 11.7. The molecule has 5 rings (SSSR count). The van der Waals surface area contributed by atoms with Crippen molar-refractivity contribution in [2.24, 2.45) is 11.8 Å². The van der Waals surface area contributed by atoms with Crippen LogP contribution in [0.3, 0.4) is 0 Å². The van der Waals surface area contributed by atoms with Crippen LogP contribution in [0.25, 0.3) is 0 Å². The van der Waals surface area contributed by atoms with Crippen LogP contribution in [0.1, 0.15) is 52.2 Å². The third kappa shape index (κ3) is 4.03. The minimum absolute atomic E-state index is 0.166. The second kappa shape index (κ2) is 8.90. The van der Waals surface area contributed by atoms with Crippen LogP contribution >= 0.6 is 0 Å². The molecular formula is C29H27NO4. The molecule has 1 saturated heterocycles. The summed E-state index contributed by atoms with van der Waals surface area (Å²) in [5, 5.41) is 0. The van der Waals surface area contributed by atoms with E-state index in [0.717, 1.165) is 17.5 Å². The lowest BCUT2D eigenvalue weighted by molar-refractivity contribution is -0.122. The van der Waals surface area contributed by atoms with Gasteiger partial charge in [-0.1, -0.05) is 42.5 Å². The molecule has 1 aliphatic heterocycles. The van der Waals surface area contributed by atoms with Crippen molar-refractivity contribution in [3.8, 4) is 5.75 Å². The van der Waals surface area contributed by atoms with Crippen molar-refractivity contribution in [1.29, 1.82) is 0 Å². The number of nitrogens with zero attached hydrogens (tertiary/aromatic N) is 1. The first kappa shape index (κ1) is 22.1. The van der Waals surface area contributed by atoms with E-state index in [9.17, 15) is 14.4 Å². The van der Waals surface area contributed by atoms with Gasteiger partial charge in [-0.15, -0.1) is 0 Å². The molecule has 0 N–H and O–H groups in total. The van der Waals surface area contributed by atoms with Crippen molar-refractivity contribution in [3.05, 3.63) is 95.1 Å². The molecule has 3 aromatic rings. The molecule has 1 aliphatic carbocycles. The number of aryl methyl sites for hydroxylation is 2. The number of carbonyl (C=O) groups excluding carboxylic acids is 3. The number of amides is 2. The lowest BCUT2D eigenvalue weighted by Crippen LogP contribution is -2.31. The first-order valence-corrected chi connectivity index (χ1v) is 11.7. The Balaban J connectivity index is 1.35. The van der Waals surface area contributed by atoms with E-state index in [1.54, 1.807) is 30.3 Å². The van der Waals surface area contributed by atoms with Gasteiger partial charge in [0, 0.05) is 0 Å². The van der Waals surface area contributed by atoms with Crippen molar-refractivity contribution in [2.45, 2.75) is 39.0 Å². The van der Waals surface area contributed by atoms with Gasteiger partial charge in [0.15, 0.2) is 0 Å². The van der Waals surface area contributed by atoms with Gasteiger partial charge in [0.25, 0.3) is 0 Å². The van der Waals surface area contributed by atoms with Gasteiger partial charge in [-0.05, 0) is 86.1 Å². The maximum atomic E-state index is 13.4. The van der Waals surface area contributed by atoms with E-state index in [2.05, 4.69) is 12.1 Å². The molecule has 2 fully saturated rings. The Labute approximate surface area is 199 Å². The van der Waals surface area contributed by atoms with Gasteiger partial charge in [0.05, 0.1) is 23.1 Å². The summed E-state index contributed by atoms with van der Waals surface area (Å²) < 4.78 is 5.54. The van der Waals surface area contributed by atoms with Crippen molar-refractivity contribution >= 4 is 23.5 Å². The smallest absolute Gasteiger partial charge is 0.343 e. The molecule has 3 atom stereocenters. The van der Waals surface area contributed by atoms with Crippen LogP contribution in [0, 0.1) is 25.7 Å². The van der Waals surface area contributed by atoms with Crippen LogP contribution < -0.4 is 9.64 Å². The standard InChI is InChI=1S/C29H27NO4/c1-18-11-13-24(15-19(18)2)34-29(33)22-9-6-10-23(16-22)30-27(31)25-14-12-21(17-26(25)28(30)32)20-7-4-3-5-8-20/h3-11,13,15-16,21,25-26H,12,14,17H2,1-2H3/t21-,25-,26-/m1/s1. The summed E-state index contributed by atoms with van der Waals surface area (Å²) in [6.45, 7) is 3.95. The van der Waals surface area contributed by atoms with Crippen LogP contribution in [-0.4, -0.2) is 17.8 Å². The summed E-state index contributed by atoms with van der Waals surface area (Å²) in [7, 11) is 0. The van der Waals surface area contributed by atoms with Gasteiger partial charge in [0.1, 0.15) is 5.75 Å². The fourth-order valence-electron chi connectivity index (χ4n) is 5.18. The van der Waals surface area contributed by atoms with Crippen LogP contribution in [0.4, 0.5) is 5.69 Å². The molecule has 5 heteroatoms. The highest BCUT2D eigenvalue weighted by atomic mass is 16.5. The predicted octanol–water partition coefficient (Wildman–Crippen LogP) is 5.60. The van der Waals surface area contributed by atoms with Crippen molar-refractivity contribution < 1.29 is 19.1 Å². The van der Waals surface area contributed by atoms with E-state index in [1.165, 1.54) is 10.5 Å². The summed E-state index contributed by atoms with van der Waals surface area (Å²) in [5.41, 5.74) is 4.09. The minimum Gasteiger partial charge on any atom is -0.423 e. The van der Waals surface area contributed by atoms with E-state index >= 15 is 0 Å². The number of hydrogen-bond acceptors (Lipinski definition) is 4. The summed E-state index contributed by atoms with van der Waals surface area (Å²) in [4.78, 5) is 40.6. The largest absolute Gasteiger partial charge is 0.423 e. The number of imide groups is 1. The van der Waals surface area contributed by atoms with Crippen molar-refractivity contribution in [2.75, 3.05) is 4.90 Å². The molecule has 0 spiro atoms. The molecule has 0 unspecified atom stereocenters. The Morgan fingerprint density at radius 1 is 0.824 bits per heavy atom. The SMILES string of the molecule is Cc1ccc(OC(=O)c2cccc(N3C(=O)[C@@H]4CC[C@@H](c5ccccc5)C[C@H]4C3=O)c2)cc1C. The second-order valence-corrected chi connectivity index (χ2v) is 9.33. The number of fused-ring (bicyclic) bond motifs is 1. The number of ether oxygens (including phenoxy) is 1. The van der Waals surface area contributed by atoms with Crippen LogP contribution in [0.2, 0.25) is 0 Å². The van der Waals surface area contributed by atoms with E-state index in [4.69, 9.17) is 4.74 Å². The topological polar surface area (TPSA) is 63.7 Å². The number of esters is 1. The van der Waals surface area contributed by atoms with Gasteiger partial charge in [-0.25, -0.2) is 4.79 Å². The molecule has 0 aromatic heterocycles. The van der Waals surface area contributed by atoms with Gasteiger partial charge in [-0.3, -0.25) is 14.5 Å². The van der Waals surface area contributed by atoms with Gasteiger partial charge < -0.3 is 4.74 Å². The first-order chi connectivity index (χ1) is 16.4. The van der Waals surface area contributed by atoms with E-state index < -0.39 is 5.97 Å². The van der Waals surface area contributed by atoms with Crippen molar-refractivity contribution in [3.63, 3.8) is 0 Å². The second-order valence-electron chi connectivity index (χ2n) is 9.33. The minimum atomic E-state index is -0.522. The summed E-state index contributed by atoms with van der Waals surface area (Å²) in [6.07, 6.45) is 2.25. The Kier molecular flexibility index (Phi) is 5.78. The van der Waals surface area contributed by atoms with E-state index in [1.807, 2.05) is 44.2 Å². The van der Waals surface area contributed by atoms with Gasteiger partial charge in [0.2, 0.25) is 11.8 Å². The average molecular weight is 454 g/mol. The monoisotopic (exact) mass is 453 g/mol. The third-order valence-corrected chi connectivity index (χ3v) is 7.23. The van der Waals surface area contributed by atoms with Gasteiger partial charge in [-0.2, -0.15) is 0 Å². The Hall–Kier alpha value is -3.73. The zero-order valence-electron chi connectivity index (χ0n) is 19.4. The molecule has 2 aliphatic rings. The van der Waals surface area contributed by atoms with E-state index in [0.29, 0.717) is 29.8 Å². The van der Waals surface area contributed by atoms with Gasteiger partial charge >= 0.3 is 5.97 Å². The van der Waals surface area contributed by atoms with E-state index in [-0.39, 0.29) is 29.6 Å². The fraction of sp³-hybridized carbons (Fsp3) is 0.276. The molecule has 0 radical (unpaired) electrons. The Morgan fingerprint density at radius 3 is 2.35 bits per heavy atom. The number of carbonyl (C=O) groups is 3. The highest BCUT2D eigenvalue weighted by molar-refractivity contribution is 6.22. The predicted molar refractivity (Wildman–Crippen MR) is 130 cm³/mol. The zero-order chi connectivity index (χ0) is 23.8. The quantitative estimate of drug-likeness (QED) is 0.293. The number of rotatable bonds is 4. The molecule has 0 bridgehead atoms. The molecule has 1 saturated carbocycles. The lowest BCUT2D eigenvalue weighted by atomic mass is 9.73. The summed E-state index contributed by atoms with van der Waals surface area (Å²) in [6, 6.07) is 22.3. The molecule has 2 amide bonds. The van der Waals surface area contributed by atoms with Crippen LogP contribution in [-0.2, 0) is 9.59 Å². The zero-order valence-corrected chi connectivity index (χ0v) is 19.4. The molecule has 3 aromatic carbocycles. The fourth-order valence-corrected chi connectivity index (χ4v) is 5.18. The van der Waals surface area contributed by atoms with Crippen molar-refractivity contribution in [1.82, 2.24) is 0 Å². The average Bonchev–Trinajstić information content (AvgIpc) is 3.11. The van der Waals surface area contributed by atoms with Crippen LogP contribution in [0.15, 0.2) is 72.8 Å². The number of hydrogen-bond donors (Lipinski definition) is 0. The highest BCUT2D eigenvalue weighted by Gasteiger charge is 2.50. The third-order valence-electron chi connectivity index (χ3n) is 7.23. The lowest BCUT2D eigenvalue weighted by Gasteiger charge is -2.28. The number of benzene rings is 3. The Bertz CT molecular complexity index is 1270. The molecule has 172 valence electrons.